The van der Waals surface area contributed by atoms with Crippen molar-refractivity contribution in [3.63, 3.8) is 0 Å². The van der Waals surface area contributed by atoms with Crippen LogP contribution in [-0.2, 0) is 4.74 Å². The minimum absolute atomic E-state index is 0.256. The van der Waals surface area contributed by atoms with Crippen LogP contribution in [0.2, 0.25) is 0 Å². The van der Waals surface area contributed by atoms with E-state index in [1.165, 1.54) is 0 Å². The van der Waals surface area contributed by atoms with E-state index in [4.69, 9.17) is 4.74 Å². The Balaban J connectivity index is 1.44. The van der Waals surface area contributed by atoms with E-state index in [0.29, 0.717) is 5.95 Å². The van der Waals surface area contributed by atoms with E-state index in [1.807, 2.05) is 41.3 Å². The van der Waals surface area contributed by atoms with Crippen molar-refractivity contribution in [3.8, 4) is 11.1 Å². The zero-order valence-electron chi connectivity index (χ0n) is 14.2. The second-order valence-electron chi connectivity index (χ2n) is 6.43. The first-order valence-corrected chi connectivity index (χ1v) is 8.78. The second kappa shape index (κ2) is 6.34. The van der Waals surface area contributed by atoms with Gasteiger partial charge in [-0.3, -0.25) is 0 Å². The lowest BCUT2D eigenvalue weighted by Crippen LogP contribution is -2.20. The molecule has 0 aromatic carbocycles. The Labute approximate surface area is 150 Å². The minimum atomic E-state index is 0.256. The summed E-state index contributed by atoms with van der Waals surface area (Å²) in [5, 5.41) is 8.83. The summed E-state index contributed by atoms with van der Waals surface area (Å²) >= 11 is 0. The molecule has 0 bridgehead atoms. The molecular weight excluding hydrogens is 328 g/mol. The van der Waals surface area contributed by atoms with Gasteiger partial charge in [-0.15, -0.1) is 5.10 Å². The molecule has 1 atom stereocenters. The van der Waals surface area contributed by atoms with Crippen LogP contribution in [0, 0.1) is 0 Å². The Morgan fingerprint density at radius 1 is 1.19 bits per heavy atom. The number of anilines is 1. The van der Waals surface area contributed by atoms with Gasteiger partial charge < -0.3 is 10.1 Å². The molecule has 4 aromatic heterocycles. The van der Waals surface area contributed by atoms with Gasteiger partial charge in [0.2, 0.25) is 5.95 Å². The standard InChI is InChI=1S/C19H18N6O/c1-3-13-9-14(10-21-18(13)20-6-1)16-5-7-25-17(16)12-23-19(24-25)22-11-15-4-2-8-26-15/h1,3,5-7,9-10,12,15H,2,4,8,11H2,(H,22,24). The average molecular weight is 346 g/mol. The van der Waals surface area contributed by atoms with Crippen LogP contribution < -0.4 is 5.32 Å². The van der Waals surface area contributed by atoms with Gasteiger partial charge >= 0.3 is 0 Å². The fourth-order valence-corrected chi connectivity index (χ4v) is 3.35. The molecule has 1 aliphatic rings. The molecule has 26 heavy (non-hydrogen) atoms. The molecule has 0 spiro atoms. The fourth-order valence-electron chi connectivity index (χ4n) is 3.35. The molecule has 1 N–H and O–H groups in total. The van der Waals surface area contributed by atoms with E-state index >= 15 is 0 Å². The first-order chi connectivity index (χ1) is 12.9. The number of rotatable bonds is 4. The Hall–Kier alpha value is -3.06. The minimum Gasteiger partial charge on any atom is -0.376 e. The van der Waals surface area contributed by atoms with Crippen LogP contribution in [-0.4, -0.2) is 43.8 Å². The highest BCUT2D eigenvalue weighted by atomic mass is 16.5. The molecule has 1 aliphatic heterocycles. The van der Waals surface area contributed by atoms with E-state index in [9.17, 15) is 0 Å². The quantitative estimate of drug-likeness (QED) is 0.612. The molecule has 1 saturated heterocycles. The molecule has 130 valence electrons. The predicted octanol–water partition coefficient (Wildman–Crippen LogP) is 2.93. The van der Waals surface area contributed by atoms with Crippen molar-refractivity contribution >= 4 is 22.5 Å². The van der Waals surface area contributed by atoms with E-state index in [-0.39, 0.29) is 6.10 Å². The van der Waals surface area contributed by atoms with Crippen molar-refractivity contribution in [2.24, 2.45) is 0 Å². The predicted molar refractivity (Wildman–Crippen MR) is 99.0 cm³/mol. The van der Waals surface area contributed by atoms with Crippen molar-refractivity contribution in [1.29, 1.82) is 0 Å². The molecule has 1 unspecified atom stereocenters. The van der Waals surface area contributed by atoms with Crippen molar-refractivity contribution in [2.45, 2.75) is 18.9 Å². The highest BCUT2D eigenvalue weighted by molar-refractivity contribution is 5.86. The van der Waals surface area contributed by atoms with Gasteiger partial charge in [0.1, 0.15) is 0 Å². The second-order valence-corrected chi connectivity index (χ2v) is 6.43. The van der Waals surface area contributed by atoms with Gasteiger partial charge in [0, 0.05) is 48.3 Å². The van der Waals surface area contributed by atoms with Gasteiger partial charge in [-0.2, -0.15) is 0 Å². The normalized spacial score (nSPS) is 17.2. The Kier molecular flexibility index (Phi) is 3.71. The fraction of sp³-hybridized carbons (Fsp3) is 0.263. The lowest BCUT2D eigenvalue weighted by atomic mass is 10.1. The molecule has 5 heterocycles. The van der Waals surface area contributed by atoms with E-state index in [2.05, 4.69) is 31.4 Å². The summed E-state index contributed by atoms with van der Waals surface area (Å²) in [4.78, 5) is 13.2. The summed E-state index contributed by atoms with van der Waals surface area (Å²) in [5.41, 5.74) is 3.76. The van der Waals surface area contributed by atoms with Gasteiger partial charge in [0.05, 0.1) is 17.8 Å². The molecule has 0 aliphatic carbocycles. The molecule has 5 rings (SSSR count). The van der Waals surface area contributed by atoms with Crippen LogP contribution in [0.15, 0.2) is 49.1 Å². The molecule has 7 heteroatoms. The number of ether oxygens (including phenoxy) is 1. The molecule has 0 saturated carbocycles. The molecular formula is C19H18N6O. The molecule has 0 amide bonds. The largest absolute Gasteiger partial charge is 0.376 e. The van der Waals surface area contributed by atoms with Gasteiger partial charge in [-0.05, 0) is 37.1 Å². The van der Waals surface area contributed by atoms with E-state index in [1.54, 1.807) is 6.20 Å². The summed E-state index contributed by atoms with van der Waals surface area (Å²) < 4.78 is 7.46. The summed E-state index contributed by atoms with van der Waals surface area (Å²) in [6.45, 7) is 1.59. The zero-order chi connectivity index (χ0) is 17.3. The van der Waals surface area contributed by atoms with Crippen molar-refractivity contribution < 1.29 is 4.74 Å². The topological polar surface area (TPSA) is 77.2 Å². The van der Waals surface area contributed by atoms with Crippen LogP contribution in [0.3, 0.4) is 0 Å². The van der Waals surface area contributed by atoms with Gasteiger partial charge in [-0.1, -0.05) is 0 Å². The van der Waals surface area contributed by atoms with Gasteiger partial charge in [-0.25, -0.2) is 19.5 Å². The monoisotopic (exact) mass is 346 g/mol. The van der Waals surface area contributed by atoms with Gasteiger partial charge in [0.25, 0.3) is 0 Å². The summed E-state index contributed by atoms with van der Waals surface area (Å²) in [6.07, 6.45) is 9.85. The lowest BCUT2D eigenvalue weighted by Gasteiger charge is -2.10. The molecule has 4 aromatic rings. The maximum Gasteiger partial charge on any atom is 0.241 e. The van der Waals surface area contributed by atoms with E-state index in [0.717, 1.165) is 53.7 Å². The van der Waals surface area contributed by atoms with Gasteiger partial charge in [0.15, 0.2) is 5.65 Å². The van der Waals surface area contributed by atoms with Crippen LogP contribution in [0.4, 0.5) is 5.95 Å². The molecule has 7 nitrogen and oxygen atoms in total. The average Bonchev–Trinajstić information content (AvgIpc) is 3.35. The third kappa shape index (κ3) is 2.76. The van der Waals surface area contributed by atoms with Crippen molar-refractivity contribution in [2.75, 3.05) is 18.5 Å². The third-order valence-corrected chi connectivity index (χ3v) is 4.69. The number of nitrogens with one attached hydrogen (secondary N) is 1. The smallest absolute Gasteiger partial charge is 0.241 e. The Morgan fingerprint density at radius 2 is 2.19 bits per heavy atom. The summed E-state index contributed by atoms with van der Waals surface area (Å²) in [5.74, 6) is 0.607. The zero-order valence-corrected chi connectivity index (χ0v) is 14.2. The van der Waals surface area contributed by atoms with Crippen LogP contribution in [0.25, 0.3) is 27.7 Å². The Morgan fingerprint density at radius 3 is 3.12 bits per heavy atom. The maximum absolute atomic E-state index is 5.62. The SMILES string of the molecule is c1cnc2ncc(-c3ccn4nc(NCC5CCCO5)ncc34)cc2c1. The summed E-state index contributed by atoms with van der Waals surface area (Å²) in [7, 11) is 0. The van der Waals surface area contributed by atoms with Crippen molar-refractivity contribution in [3.05, 3.63) is 49.1 Å². The highest BCUT2D eigenvalue weighted by Crippen LogP contribution is 2.26. The number of pyridine rings is 2. The summed E-state index contributed by atoms with van der Waals surface area (Å²) in [6, 6.07) is 8.06. The highest BCUT2D eigenvalue weighted by Gasteiger charge is 2.16. The number of aromatic nitrogens is 5. The Bertz CT molecular complexity index is 1070. The molecule has 0 radical (unpaired) electrons. The van der Waals surface area contributed by atoms with Crippen LogP contribution >= 0.6 is 0 Å². The van der Waals surface area contributed by atoms with Crippen molar-refractivity contribution in [1.82, 2.24) is 24.6 Å². The maximum atomic E-state index is 5.62. The third-order valence-electron chi connectivity index (χ3n) is 4.69. The van der Waals surface area contributed by atoms with Crippen LogP contribution in [0.5, 0.6) is 0 Å². The first-order valence-electron chi connectivity index (χ1n) is 8.78. The van der Waals surface area contributed by atoms with Crippen LogP contribution in [0.1, 0.15) is 12.8 Å². The first kappa shape index (κ1) is 15.2. The van der Waals surface area contributed by atoms with E-state index < -0.39 is 0 Å². The number of fused-ring (bicyclic) bond motifs is 2. The number of hydrogen-bond donors (Lipinski definition) is 1. The number of hydrogen-bond acceptors (Lipinski definition) is 6. The molecule has 1 fully saturated rings. The number of nitrogens with zero attached hydrogens (tertiary/aromatic N) is 5. The lowest BCUT2D eigenvalue weighted by molar-refractivity contribution is 0.120.